The maximum absolute atomic E-state index is 4.75. The zero-order chi connectivity index (χ0) is 13.7. The van der Waals surface area contributed by atoms with Crippen molar-refractivity contribution in [3.05, 3.63) is 15.6 Å². The van der Waals surface area contributed by atoms with E-state index in [0.29, 0.717) is 6.04 Å². The number of hydrogen-bond acceptors (Lipinski definition) is 4. The third-order valence-corrected chi connectivity index (χ3v) is 4.81. The van der Waals surface area contributed by atoms with E-state index in [1.54, 1.807) is 0 Å². The molecule has 108 valence electrons. The summed E-state index contributed by atoms with van der Waals surface area (Å²) < 4.78 is 0. The van der Waals surface area contributed by atoms with Gasteiger partial charge < -0.3 is 5.32 Å². The van der Waals surface area contributed by atoms with E-state index in [2.05, 4.69) is 31.0 Å². The van der Waals surface area contributed by atoms with E-state index in [1.807, 2.05) is 11.3 Å². The van der Waals surface area contributed by atoms with E-state index in [-0.39, 0.29) is 0 Å². The Kier molecular flexibility index (Phi) is 5.79. The van der Waals surface area contributed by atoms with Crippen molar-refractivity contribution in [2.75, 3.05) is 13.1 Å². The largest absolute Gasteiger partial charge is 0.310 e. The van der Waals surface area contributed by atoms with Crippen molar-refractivity contribution in [1.29, 1.82) is 0 Å². The van der Waals surface area contributed by atoms with E-state index < -0.39 is 0 Å². The Morgan fingerprint density at radius 1 is 1.21 bits per heavy atom. The van der Waals surface area contributed by atoms with Crippen molar-refractivity contribution in [2.24, 2.45) is 0 Å². The van der Waals surface area contributed by atoms with Crippen molar-refractivity contribution in [3.8, 4) is 0 Å². The minimum atomic E-state index is 0.538. The highest BCUT2D eigenvalue weighted by atomic mass is 32.1. The molecule has 1 saturated heterocycles. The fourth-order valence-corrected chi connectivity index (χ4v) is 3.57. The first kappa shape index (κ1) is 14.9. The van der Waals surface area contributed by atoms with Crippen LogP contribution in [-0.4, -0.2) is 29.0 Å². The highest BCUT2D eigenvalue weighted by molar-refractivity contribution is 7.11. The van der Waals surface area contributed by atoms with Gasteiger partial charge in [0, 0.05) is 17.5 Å². The van der Waals surface area contributed by atoms with Gasteiger partial charge in [0.2, 0.25) is 0 Å². The zero-order valence-electron chi connectivity index (χ0n) is 12.5. The van der Waals surface area contributed by atoms with Gasteiger partial charge in [-0.05, 0) is 32.9 Å². The molecule has 1 aliphatic heterocycles. The van der Waals surface area contributed by atoms with Gasteiger partial charge in [0.05, 0.1) is 12.2 Å². The van der Waals surface area contributed by atoms with Crippen LogP contribution in [0.5, 0.6) is 0 Å². The topological polar surface area (TPSA) is 28.2 Å². The molecule has 2 heterocycles. The summed E-state index contributed by atoms with van der Waals surface area (Å²) in [5, 5.41) is 4.78. The molecule has 1 aliphatic rings. The van der Waals surface area contributed by atoms with Crippen LogP contribution < -0.4 is 5.32 Å². The van der Waals surface area contributed by atoms with Gasteiger partial charge in [-0.15, -0.1) is 11.3 Å². The van der Waals surface area contributed by atoms with E-state index in [1.165, 1.54) is 54.4 Å². The lowest BCUT2D eigenvalue weighted by atomic mass is 10.2. The first-order chi connectivity index (χ1) is 9.15. The molecule has 19 heavy (non-hydrogen) atoms. The maximum Gasteiger partial charge on any atom is 0.107 e. The van der Waals surface area contributed by atoms with Crippen LogP contribution in [0.15, 0.2) is 0 Å². The van der Waals surface area contributed by atoms with Crippen LogP contribution in [0.25, 0.3) is 0 Å². The van der Waals surface area contributed by atoms with Crippen LogP contribution in [0, 0.1) is 6.92 Å². The molecule has 0 bridgehead atoms. The van der Waals surface area contributed by atoms with Gasteiger partial charge in [-0.1, -0.05) is 26.7 Å². The maximum atomic E-state index is 4.75. The standard InChI is InChI=1S/C15H27N3S/c1-12(2)16-10-14-13(3)17-15(19-14)11-18-8-6-4-5-7-9-18/h12,16H,4-11H2,1-3H3. The Morgan fingerprint density at radius 3 is 2.53 bits per heavy atom. The molecule has 1 aromatic rings. The lowest BCUT2D eigenvalue weighted by molar-refractivity contribution is 0.276. The number of thiazole rings is 1. The number of nitrogens with one attached hydrogen (secondary N) is 1. The average Bonchev–Trinajstić information content (AvgIpc) is 2.56. The molecule has 0 unspecified atom stereocenters. The van der Waals surface area contributed by atoms with Gasteiger partial charge in [-0.25, -0.2) is 4.98 Å². The summed E-state index contributed by atoms with van der Waals surface area (Å²) in [6.45, 7) is 11.0. The summed E-state index contributed by atoms with van der Waals surface area (Å²) in [5.74, 6) is 0. The molecule has 1 N–H and O–H groups in total. The fourth-order valence-electron chi connectivity index (χ4n) is 2.50. The van der Waals surface area contributed by atoms with Crippen LogP contribution in [0.2, 0.25) is 0 Å². The SMILES string of the molecule is Cc1nc(CN2CCCCCC2)sc1CNC(C)C. The minimum absolute atomic E-state index is 0.538. The monoisotopic (exact) mass is 281 g/mol. The number of likely N-dealkylation sites (tertiary alicyclic amines) is 1. The molecule has 0 saturated carbocycles. The fraction of sp³-hybridized carbons (Fsp3) is 0.800. The average molecular weight is 281 g/mol. The van der Waals surface area contributed by atoms with Crippen molar-refractivity contribution in [1.82, 2.24) is 15.2 Å². The molecule has 0 atom stereocenters. The first-order valence-electron chi connectivity index (χ1n) is 7.56. The Balaban J connectivity index is 1.91. The van der Waals surface area contributed by atoms with Gasteiger partial charge in [-0.3, -0.25) is 4.90 Å². The van der Waals surface area contributed by atoms with Gasteiger partial charge in [0.1, 0.15) is 5.01 Å². The molecule has 4 heteroatoms. The smallest absolute Gasteiger partial charge is 0.107 e. The molecule has 1 fully saturated rings. The summed E-state index contributed by atoms with van der Waals surface area (Å²) in [7, 11) is 0. The Hall–Kier alpha value is -0.450. The predicted octanol–water partition coefficient (Wildman–Crippen LogP) is 3.33. The number of hydrogen-bond donors (Lipinski definition) is 1. The third-order valence-electron chi connectivity index (χ3n) is 3.67. The molecular weight excluding hydrogens is 254 g/mol. The first-order valence-corrected chi connectivity index (χ1v) is 8.37. The Morgan fingerprint density at radius 2 is 1.89 bits per heavy atom. The molecule has 3 nitrogen and oxygen atoms in total. The number of nitrogens with zero attached hydrogens (tertiary/aromatic N) is 2. The number of rotatable bonds is 5. The van der Waals surface area contributed by atoms with Crippen molar-refractivity contribution in [3.63, 3.8) is 0 Å². The third kappa shape index (κ3) is 4.86. The van der Waals surface area contributed by atoms with Crippen molar-refractivity contribution in [2.45, 2.75) is 65.6 Å². The highest BCUT2D eigenvalue weighted by Gasteiger charge is 2.13. The normalized spacial score (nSPS) is 17.9. The zero-order valence-corrected chi connectivity index (χ0v) is 13.4. The van der Waals surface area contributed by atoms with Crippen molar-refractivity contribution < 1.29 is 0 Å². The Labute approximate surface area is 121 Å². The second-order valence-electron chi connectivity index (χ2n) is 5.84. The van der Waals surface area contributed by atoms with Crippen LogP contribution in [0.1, 0.15) is 55.1 Å². The molecule has 1 aromatic heterocycles. The molecule has 0 spiro atoms. The van der Waals surface area contributed by atoms with E-state index in [0.717, 1.165) is 13.1 Å². The number of aromatic nitrogens is 1. The van der Waals surface area contributed by atoms with Gasteiger partial charge in [0.25, 0.3) is 0 Å². The molecule has 0 radical (unpaired) electrons. The highest BCUT2D eigenvalue weighted by Crippen LogP contribution is 2.21. The summed E-state index contributed by atoms with van der Waals surface area (Å²) in [4.78, 5) is 8.73. The lowest BCUT2D eigenvalue weighted by Crippen LogP contribution is -2.23. The van der Waals surface area contributed by atoms with E-state index >= 15 is 0 Å². The molecule has 0 aliphatic carbocycles. The van der Waals surface area contributed by atoms with Crippen LogP contribution in [0.3, 0.4) is 0 Å². The quantitative estimate of drug-likeness (QED) is 0.897. The second-order valence-corrected chi connectivity index (χ2v) is 7.01. The van der Waals surface area contributed by atoms with E-state index in [9.17, 15) is 0 Å². The van der Waals surface area contributed by atoms with Crippen LogP contribution in [-0.2, 0) is 13.1 Å². The molecule has 2 rings (SSSR count). The van der Waals surface area contributed by atoms with E-state index in [4.69, 9.17) is 4.98 Å². The molecular formula is C15H27N3S. The molecule has 0 aromatic carbocycles. The molecule has 0 amide bonds. The minimum Gasteiger partial charge on any atom is -0.310 e. The van der Waals surface area contributed by atoms with Gasteiger partial charge in [0.15, 0.2) is 0 Å². The Bertz CT molecular complexity index is 379. The number of aryl methyl sites for hydroxylation is 1. The summed E-state index contributed by atoms with van der Waals surface area (Å²) in [6, 6.07) is 0.538. The second kappa shape index (κ2) is 7.36. The van der Waals surface area contributed by atoms with Gasteiger partial charge in [-0.2, -0.15) is 0 Å². The lowest BCUT2D eigenvalue weighted by Gasteiger charge is -2.17. The summed E-state index contributed by atoms with van der Waals surface area (Å²) in [6.07, 6.45) is 5.51. The summed E-state index contributed by atoms with van der Waals surface area (Å²) >= 11 is 1.89. The summed E-state index contributed by atoms with van der Waals surface area (Å²) in [5.41, 5.74) is 1.21. The predicted molar refractivity (Wildman–Crippen MR) is 82.6 cm³/mol. The van der Waals surface area contributed by atoms with Gasteiger partial charge >= 0.3 is 0 Å². The van der Waals surface area contributed by atoms with Crippen LogP contribution in [0.4, 0.5) is 0 Å². The van der Waals surface area contributed by atoms with Crippen LogP contribution >= 0.6 is 11.3 Å². The van der Waals surface area contributed by atoms with Crippen molar-refractivity contribution >= 4 is 11.3 Å².